The number of pyridine rings is 1. The van der Waals surface area contributed by atoms with Crippen molar-refractivity contribution in [1.29, 1.82) is 0 Å². The molecule has 0 aromatic carbocycles. The van der Waals surface area contributed by atoms with E-state index in [0.717, 1.165) is 57.3 Å². The van der Waals surface area contributed by atoms with Gasteiger partial charge in [0.1, 0.15) is 0 Å². The number of aromatic nitrogens is 1. The van der Waals surface area contributed by atoms with E-state index in [4.69, 9.17) is 4.74 Å². The molecule has 2 amide bonds. The normalized spacial score (nSPS) is 23.5. The summed E-state index contributed by atoms with van der Waals surface area (Å²) in [6, 6.07) is 3.92. The minimum absolute atomic E-state index is 0.0332. The van der Waals surface area contributed by atoms with E-state index in [1.165, 1.54) is 0 Å². The van der Waals surface area contributed by atoms with Gasteiger partial charge in [-0.25, -0.2) is 0 Å². The average Bonchev–Trinajstić information content (AvgIpc) is 2.94. The van der Waals surface area contributed by atoms with Crippen LogP contribution in [0.4, 0.5) is 0 Å². The van der Waals surface area contributed by atoms with Crippen LogP contribution in [0.1, 0.15) is 50.5 Å². The van der Waals surface area contributed by atoms with Crippen molar-refractivity contribution < 1.29 is 14.3 Å². The van der Waals surface area contributed by atoms with Gasteiger partial charge in [0, 0.05) is 57.5 Å². The van der Waals surface area contributed by atoms with Crippen molar-refractivity contribution in [1.82, 2.24) is 14.8 Å². The highest BCUT2D eigenvalue weighted by molar-refractivity contribution is 5.80. The first-order chi connectivity index (χ1) is 13.0. The molecule has 146 valence electrons. The topological polar surface area (TPSA) is 62.7 Å². The van der Waals surface area contributed by atoms with E-state index in [1.54, 1.807) is 13.3 Å². The molecule has 1 aromatic rings. The van der Waals surface area contributed by atoms with Crippen molar-refractivity contribution in [3.05, 3.63) is 30.1 Å². The molecule has 1 spiro atoms. The van der Waals surface area contributed by atoms with Gasteiger partial charge in [0.25, 0.3) is 0 Å². The van der Waals surface area contributed by atoms with Gasteiger partial charge < -0.3 is 14.5 Å². The predicted molar refractivity (Wildman–Crippen MR) is 101 cm³/mol. The fourth-order valence-corrected chi connectivity index (χ4v) is 4.81. The number of nitrogens with zero attached hydrogens (tertiary/aromatic N) is 3. The van der Waals surface area contributed by atoms with Crippen LogP contribution in [0.5, 0.6) is 0 Å². The highest BCUT2D eigenvalue weighted by Crippen LogP contribution is 2.43. The second-order valence-corrected chi connectivity index (χ2v) is 8.59. The summed E-state index contributed by atoms with van der Waals surface area (Å²) in [5, 5.41) is 0. The fraction of sp³-hybridized carbons (Fsp3) is 0.667. The number of hydrogen-bond donors (Lipinski definition) is 0. The summed E-state index contributed by atoms with van der Waals surface area (Å²) in [6.07, 6.45) is 9.64. The molecule has 0 unspecified atom stereocenters. The SMILES string of the molecule is COC1(CC(=O)N2CCC3(CC2)CC(=O)N(Cc2cccnc2)C3)CCC1. The highest BCUT2D eigenvalue weighted by Gasteiger charge is 2.46. The maximum Gasteiger partial charge on any atom is 0.225 e. The second-order valence-electron chi connectivity index (χ2n) is 8.59. The molecule has 0 N–H and O–H groups in total. The molecule has 27 heavy (non-hydrogen) atoms. The lowest BCUT2D eigenvalue weighted by Crippen LogP contribution is -2.49. The highest BCUT2D eigenvalue weighted by atomic mass is 16.5. The smallest absolute Gasteiger partial charge is 0.225 e. The molecule has 2 aliphatic heterocycles. The van der Waals surface area contributed by atoms with Crippen molar-refractivity contribution >= 4 is 11.8 Å². The molecule has 6 nitrogen and oxygen atoms in total. The van der Waals surface area contributed by atoms with Crippen molar-refractivity contribution in [3.63, 3.8) is 0 Å². The third-order valence-corrected chi connectivity index (χ3v) is 6.85. The Hall–Kier alpha value is -1.95. The van der Waals surface area contributed by atoms with Crippen molar-refractivity contribution in [2.24, 2.45) is 5.41 Å². The summed E-state index contributed by atoms with van der Waals surface area (Å²) < 4.78 is 5.61. The zero-order valence-electron chi connectivity index (χ0n) is 16.2. The molecule has 0 bridgehead atoms. The summed E-state index contributed by atoms with van der Waals surface area (Å²) in [5.74, 6) is 0.439. The van der Waals surface area contributed by atoms with E-state index in [1.807, 2.05) is 28.1 Å². The van der Waals surface area contributed by atoms with Gasteiger partial charge in [-0.15, -0.1) is 0 Å². The largest absolute Gasteiger partial charge is 0.378 e. The molecule has 3 aliphatic rings. The molecular weight excluding hydrogens is 342 g/mol. The van der Waals surface area contributed by atoms with Crippen LogP contribution in [0.2, 0.25) is 0 Å². The Morgan fingerprint density at radius 1 is 1.26 bits per heavy atom. The van der Waals surface area contributed by atoms with Crippen LogP contribution < -0.4 is 0 Å². The van der Waals surface area contributed by atoms with Gasteiger partial charge >= 0.3 is 0 Å². The number of methoxy groups -OCH3 is 1. The van der Waals surface area contributed by atoms with Gasteiger partial charge in [0.15, 0.2) is 0 Å². The van der Waals surface area contributed by atoms with Crippen molar-refractivity contribution in [3.8, 4) is 0 Å². The molecule has 1 aromatic heterocycles. The Kier molecular flexibility index (Phi) is 4.93. The standard InChI is InChI=1S/C21H29N3O3/c1-27-21(5-3-6-21)13-19(26)23-10-7-20(8-11-23)12-18(25)24(16-20)15-17-4-2-9-22-14-17/h2,4,9,14H,3,5-8,10-13,15-16H2,1H3. The predicted octanol–water partition coefficient (Wildman–Crippen LogP) is 2.38. The van der Waals surface area contributed by atoms with E-state index in [2.05, 4.69) is 4.98 Å². The first kappa shape index (κ1) is 18.4. The van der Waals surface area contributed by atoms with Crippen molar-refractivity contribution in [2.45, 2.75) is 57.1 Å². The molecule has 2 saturated heterocycles. The zero-order chi connectivity index (χ0) is 18.9. The number of carbonyl (C=O) groups excluding carboxylic acids is 2. The summed E-state index contributed by atoms with van der Waals surface area (Å²) in [5.41, 5.74) is 0.891. The Labute approximate surface area is 160 Å². The van der Waals surface area contributed by atoms with Crippen LogP contribution in [0.15, 0.2) is 24.5 Å². The molecule has 0 radical (unpaired) electrons. The fourth-order valence-electron chi connectivity index (χ4n) is 4.81. The monoisotopic (exact) mass is 371 g/mol. The first-order valence-corrected chi connectivity index (χ1v) is 10.0. The number of hydrogen-bond acceptors (Lipinski definition) is 4. The first-order valence-electron chi connectivity index (χ1n) is 10.0. The van der Waals surface area contributed by atoms with Crippen LogP contribution in [-0.2, 0) is 20.9 Å². The Balaban J connectivity index is 1.32. The van der Waals surface area contributed by atoms with Crippen LogP contribution in [0.25, 0.3) is 0 Å². The van der Waals surface area contributed by atoms with Gasteiger partial charge in [-0.05, 0) is 43.7 Å². The van der Waals surface area contributed by atoms with Crippen LogP contribution in [0.3, 0.4) is 0 Å². The molecule has 4 rings (SSSR count). The molecular formula is C21H29N3O3. The average molecular weight is 371 g/mol. The third-order valence-electron chi connectivity index (χ3n) is 6.85. The summed E-state index contributed by atoms with van der Waals surface area (Å²) in [7, 11) is 1.72. The number of likely N-dealkylation sites (tertiary alicyclic amines) is 2. The van der Waals surface area contributed by atoms with E-state index in [9.17, 15) is 9.59 Å². The minimum Gasteiger partial charge on any atom is -0.378 e. The van der Waals surface area contributed by atoms with Gasteiger partial charge in [0.2, 0.25) is 11.8 Å². The van der Waals surface area contributed by atoms with E-state index in [-0.39, 0.29) is 22.8 Å². The number of rotatable bonds is 5. The van der Waals surface area contributed by atoms with Gasteiger partial charge in [0.05, 0.1) is 12.0 Å². The van der Waals surface area contributed by atoms with Crippen molar-refractivity contribution in [2.75, 3.05) is 26.7 Å². The minimum atomic E-state index is -0.212. The molecule has 1 saturated carbocycles. The molecule has 6 heteroatoms. The molecule has 3 heterocycles. The Bertz CT molecular complexity index is 688. The van der Waals surface area contributed by atoms with Crippen LogP contribution in [-0.4, -0.2) is 58.9 Å². The molecule has 1 aliphatic carbocycles. The van der Waals surface area contributed by atoms with Crippen LogP contribution >= 0.6 is 0 Å². The number of amides is 2. The van der Waals surface area contributed by atoms with E-state index < -0.39 is 0 Å². The Morgan fingerprint density at radius 2 is 2.04 bits per heavy atom. The van der Waals surface area contributed by atoms with Gasteiger partial charge in [-0.2, -0.15) is 0 Å². The quantitative estimate of drug-likeness (QED) is 0.797. The lowest BCUT2D eigenvalue weighted by molar-refractivity contribution is -0.146. The number of ether oxygens (including phenoxy) is 1. The summed E-state index contributed by atoms with van der Waals surface area (Å²) >= 11 is 0. The molecule has 0 atom stereocenters. The number of carbonyl (C=O) groups is 2. The van der Waals surface area contributed by atoms with E-state index in [0.29, 0.717) is 19.4 Å². The second kappa shape index (κ2) is 7.23. The maximum absolute atomic E-state index is 12.7. The molecule has 3 fully saturated rings. The summed E-state index contributed by atoms with van der Waals surface area (Å²) in [4.78, 5) is 33.3. The lowest BCUT2D eigenvalue weighted by atomic mass is 9.75. The van der Waals surface area contributed by atoms with Gasteiger partial charge in [-0.3, -0.25) is 14.6 Å². The summed E-state index contributed by atoms with van der Waals surface area (Å²) in [6.45, 7) is 2.94. The number of piperidine rings is 1. The third kappa shape index (κ3) is 3.72. The zero-order valence-corrected chi connectivity index (χ0v) is 16.2. The maximum atomic E-state index is 12.7. The van der Waals surface area contributed by atoms with E-state index >= 15 is 0 Å². The van der Waals surface area contributed by atoms with Crippen LogP contribution in [0, 0.1) is 5.41 Å². The lowest BCUT2D eigenvalue weighted by Gasteiger charge is -2.43. The van der Waals surface area contributed by atoms with Gasteiger partial charge in [-0.1, -0.05) is 6.07 Å². The Morgan fingerprint density at radius 3 is 2.63 bits per heavy atom.